The lowest BCUT2D eigenvalue weighted by atomic mass is 9.94. The minimum absolute atomic E-state index is 0.874. The predicted molar refractivity (Wildman–Crippen MR) is 66.4 cm³/mol. The first kappa shape index (κ1) is 14.1. The van der Waals surface area contributed by atoms with E-state index in [1.165, 1.54) is 32.4 Å². The Morgan fingerprint density at radius 1 is 1.06 bits per heavy atom. The zero-order valence-electron chi connectivity index (χ0n) is 10.8. The van der Waals surface area contributed by atoms with E-state index in [9.17, 15) is 0 Å². The lowest BCUT2D eigenvalue weighted by Crippen LogP contribution is -2.42. The molecule has 1 rings (SSSR count). The van der Waals surface area contributed by atoms with Gasteiger partial charge in [0.25, 0.3) is 0 Å². The summed E-state index contributed by atoms with van der Waals surface area (Å²) in [7, 11) is 2.74. The molecule has 1 fully saturated rings. The Bertz CT molecular complexity index is 174. The lowest BCUT2D eigenvalue weighted by molar-refractivity contribution is 0.122. The summed E-state index contributed by atoms with van der Waals surface area (Å²) in [6.45, 7) is 2.35. The Morgan fingerprint density at radius 2 is 1.62 bits per heavy atom. The van der Waals surface area contributed by atoms with E-state index < -0.39 is 8.80 Å². The predicted octanol–water partition coefficient (Wildman–Crippen LogP) is 1.64. The van der Waals surface area contributed by atoms with Crippen LogP contribution in [0.15, 0.2) is 0 Å². The second kappa shape index (κ2) is 7.40. The van der Waals surface area contributed by atoms with Crippen LogP contribution in [-0.2, 0) is 13.3 Å². The maximum absolute atomic E-state index is 5.41. The molecule has 1 saturated heterocycles. The summed E-state index contributed by atoms with van der Waals surface area (Å²) in [6, 6.07) is 0.931. The molecule has 1 aliphatic heterocycles. The van der Waals surface area contributed by atoms with Crippen molar-refractivity contribution in [1.29, 1.82) is 0 Å². The summed E-state index contributed by atoms with van der Waals surface area (Å²) in [5.74, 6) is 0.874. The van der Waals surface area contributed by atoms with Crippen LogP contribution in [0.3, 0.4) is 0 Å². The lowest BCUT2D eigenvalue weighted by Gasteiger charge is -2.26. The van der Waals surface area contributed by atoms with Crippen LogP contribution in [0.4, 0.5) is 0 Å². The van der Waals surface area contributed by atoms with E-state index in [0.717, 1.165) is 18.4 Å². The Balaban J connectivity index is 2.21. The van der Waals surface area contributed by atoms with Crippen LogP contribution < -0.4 is 5.32 Å². The van der Waals surface area contributed by atoms with Crippen molar-refractivity contribution in [3.63, 3.8) is 0 Å². The fraction of sp³-hybridized carbons (Fsp3) is 1.00. The average Bonchev–Trinajstić information content (AvgIpc) is 2.37. The van der Waals surface area contributed by atoms with Gasteiger partial charge in [0.2, 0.25) is 0 Å². The van der Waals surface area contributed by atoms with Gasteiger partial charge < -0.3 is 18.6 Å². The number of hydrogen-bond acceptors (Lipinski definition) is 4. The van der Waals surface area contributed by atoms with Gasteiger partial charge in [-0.25, -0.2) is 0 Å². The second-order valence-corrected chi connectivity index (χ2v) is 7.47. The molecule has 0 spiro atoms. The minimum Gasteiger partial charge on any atom is -0.377 e. The van der Waals surface area contributed by atoms with Gasteiger partial charge in [-0.1, -0.05) is 6.42 Å². The maximum atomic E-state index is 5.41. The van der Waals surface area contributed by atoms with E-state index in [0.29, 0.717) is 0 Å². The molecule has 5 heteroatoms. The fourth-order valence-corrected chi connectivity index (χ4v) is 4.08. The Labute approximate surface area is 100 Å². The molecule has 0 aromatic heterocycles. The normalized spacial score (nSPS) is 18.9. The van der Waals surface area contributed by atoms with Gasteiger partial charge in [-0.2, -0.15) is 0 Å². The van der Waals surface area contributed by atoms with Gasteiger partial charge in [0.15, 0.2) is 0 Å². The second-order valence-electron chi connectivity index (χ2n) is 4.38. The molecular weight excluding hydrogens is 222 g/mol. The number of hydrogen-bond donors (Lipinski definition) is 1. The van der Waals surface area contributed by atoms with Crippen LogP contribution in [0.2, 0.25) is 6.04 Å². The summed E-state index contributed by atoms with van der Waals surface area (Å²) >= 11 is 0. The smallest absolute Gasteiger partial charge is 0.377 e. The molecular formula is C11H25NO3Si. The maximum Gasteiger partial charge on any atom is 0.500 e. The van der Waals surface area contributed by atoms with Crippen LogP contribution >= 0.6 is 0 Å². The first-order valence-electron chi connectivity index (χ1n) is 6.12. The fourth-order valence-electron chi connectivity index (χ4n) is 2.33. The van der Waals surface area contributed by atoms with Gasteiger partial charge in [0, 0.05) is 27.4 Å². The molecule has 0 aromatic rings. The topological polar surface area (TPSA) is 39.7 Å². The van der Waals surface area contributed by atoms with E-state index in [1.807, 2.05) is 0 Å². The third-order valence-corrected chi connectivity index (χ3v) is 6.32. The molecule has 0 amide bonds. The van der Waals surface area contributed by atoms with E-state index in [4.69, 9.17) is 13.3 Å². The largest absolute Gasteiger partial charge is 0.500 e. The van der Waals surface area contributed by atoms with Crippen molar-refractivity contribution in [3.05, 3.63) is 0 Å². The third-order valence-electron chi connectivity index (χ3n) is 3.49. The highest BCUT2D eigenvalue weighted by Gasteiger charge is 2.37. The molecule has 16 heavy (non-hydrogen) atoms. The quantitative estimate of drug-likeness (QED) is 0.694. The summed E-state index contributed by atoms with van der Waals surface area (Å²) < 4.78 is 16.2. The molecule has 0 saturated carbocycles. The van der Waals surface area contributed by atoms with E-state index in [-0.39, 0.29) is 0 Å². The van der Waals surface area contributed by atoms with Gasteiger partial charge in [-0.15, -0.1) is 0 Å². The molecule has 96 valence electrons. The summed E-state index contributed by atoms with van der Waals surface area (Å²) in [4.78, 5) is 0. The summed E-state index contributed by atoms with van der Waals surface area (Å²) in [6.07, 6.45) is 5.03. The first-order chi connectivity index (χ1) is 7.76. The molecule has 1 N–H and O–H groups in total. The van der Waals surface area contributed by atoms with E-state index >= 15 is 0 Å². The van der Waals surface area contributed by atoms with Gasteiger partial charge in [-0.05, 0) is 38.3 Å². The minimum atomic E-state index is -2.32. The SMILES string of the molecule is CO[Si](CCCC1CCNCC1)(OC)OC. The highest BCUT2D eigenvalue weighted by atomic mass is 28.4. The van der Waals surface area contributed by atoms with Gasteiger partial charge in [0.1, 0.15) is 0 Å². The monoisotopic (exact) mass is 247 g/mol. The van der Waals surface area contributed by atoms with Crippen LogP contribution in [0.5, 0.6) is 0 Å². The van der Waals surface area contributed by atoms with Crippen molar-refractivity contribution < 1.29 is 13.3 Å². The Hall–Kier alpha value is 0.0569. The molecule has 4 nitrogen and oxygen atoms in total. The molecule has 0 aromatic carbocycles. The zero-order valence-corrected chi connectivity index (χ0v) is 11.8. The molecule has 0 unspecified atom stereocenters. The van der Waals surface area contributed by atoms with Crippen LogP contribution in [0.25, 0.3) is 0 Å². The van der Waals surface area contributed by atoms with Crippen molar-refractivity contribution in [1.82, 2.24) is 5.32 Å². The van der Waals surface area contributed by atoms with Crippen molar-refractivity contribution in [2.45, 2.75) is 31.7 Å². The van der Waals surface area contributed by atoms with Crippen LogP contribution in [-0.4, -0.2) is 43.2 Å². The highest BCUT2D eigenvalue weighted by Crippen LogP contribution is 2.23. The van der Waals surface area contributed by atoms with Crippen LogP contribution in [0.1, 0.15) is 25.7 Å². The summed E-state index contributed by atoms with van der Waals surface area (Å²) in [5.41, 5.74) is 0. The zero-order chi connectivity index (χ0) is 11.9. The average molecular weight is 247 g/mol. The van der Waals surface area contributed by atoms with Crippen molar-refractivity contribution in [2.24, 2.45) is 5.92 Å². The van der Waals surface area contributed by atoms with Gasteiger partial charge >= 0.3 is 8.80 Å². The van der Waals surface area contributed by atoms with Gasteiger partial charge in [0.05, 0.1) is 0 Å². The van der Waals surface area contributed by atoms with Crippen molar-refractivity contribution >= 4 is 8.80 Å². The standard InChI is InChI=1S/C11H25NO3Si/c1-13-16(14-2,15-3)10-4-5-11-6-8-12-9-7-11/h11-12H,4-10H2,1-3H3. The number of nitrogens with one attached hydrogen (secondary N) is 1. The molecule has 1 heterocycles. The van der Waals surface area contributed by atoms with Crippen molar-refractivity contribution in [2.75, 3.05) is 34.4 Å². The van der Waals surface area contributed by atoms with E-state index in [1.54, 1.807) is 21.3 Å². The Kier molecular flexibility index (Phi) is 6.53. The molecule has 0 radical (unpaired) electrons. The molecule has 0 atom stereocenters. The van der Waals surface area contributed by atoms with Crippen molar-refractivity contribution in [3.8, 4) is 0 Å². The first-order valence-corrected chi connectivity index (χ1v) is 8.05. The van der Waals surface area contributed by atoms with E-state index in [2.05, 4.69) is 5.32 Å². The third kappa shape index (κ3) is 4.14. The highest BCUT2D eigenvalue weighted by molar-refractivity contribution is 6.60. The summed E-state index contributed by atoms with van der Waals surface area (Å²) in [5, 5.41) is 3.39. The Morgan fingerprint density at radius 3 is 2.12 bits per heavy atom. The number of piperidine rings is 1. The molecule has 0 bridgehead atoms. The van der Waals surface area contributed by atoms with Crippen LogP contribution in [0, 0.1) is 5.92 Å². The molecule has 1 aliphatic rings. The molecule has 0 aliphatic carbocycles. The number of rotatable bonds is 7. The van der Waals surface area contributed by atoms with Gasteiger partial charge in [-0.3, -0.25) is 0 Å².